The number of benzene rings is 1. The van der Waals surface area contributed by atoms with Crippen LogP contribution in [0.4, 0.5) is 0 Å². The van der Waals surface area contributed by atoms with E-state index in [0.717, 1.165) is 0 Å². The summed E-state index contributed by atoms with van der Waals surface area (Å²) >= 11 is 0. The van der Waals surface area contributed by atoms with Gasteiger partial charge in [-0.25, -0.2) is 0 Å². The first-order valence-corrected chi connectivity index (χ1v) is 10.1. The molecule has 0 fully saturated rings. The Morgan fingerprint density at radius 3 is 1.94 bits per heavy atom. The van der Waals surface area contributed by atoms with Crippen LogP contribution in [0.5, 0.6) is 0 Å². The van der Waals surface area contributed by atoms with Crippen molar-refractivity contribution in [3.8, 4) is 0 Å². The number of hydrogen-bond donors (Lipinski definition) is 0. The highest BCUT2D eigenvalue weighted by Crippen LogP contribution is 2.39. The molecule has 0 amide bonds. The summed E-state index contributed by atoms with van der Waals surface area (Å²) in [7, 11) is -1.13. The molecule has 0 saturated heterocycles. The molecule has 18 heavy (non-hydrogen) atoms. The molecule has 1 aromatic rings. The molecule has 0 aliphatic heterocycles. The van der Waals surface area contributed by atoms with E-state index in [9.17, 15) is 0 Å². The zero-order chi connectivity index (χ0) is 13.6. The summed E-state index contributed by atoms with van der Waals surface area (Å²) in [5, 5.41) is 0. The third kappa shape index (κ3) is 3.14. The summed E-state index contributed by atoms with van der Waals surface area (Å²) in [4.78, 5) is 0. The number of rotatable bonds is 7. The van der Waals surface area contributed by atoms with Gasteiger partial charge in [-0.05, 0) is 11.6 Å². The molecule has 1 aromatic carbocycles. The fourth-order valence-electron chi connectivity index (χ4n) is 3.01. The van der Waals surface area contributed by atoms with E-state index in [1.165, 1.54) is 29.7 Å². The average molecular weight is 260 g/mol. The fraction of sp³-hybridized carbons (Fsp3) is 0.529. The van der Waals surface area contributed by atoms with Crippen LogP contribution in [0.3, 0.4) is 0 Å². The molecule has 1 unspecified atom stereocenters. The van der Waals surface area contributed by atoms with Crippen molar-refractivity contribution in [2.45, 2.75) is 57.3 Å². The second-order valence-corrected chi connectivity index (χ2v) is 11.2. The van der Waals surface area contributed by atoms with Crippen molar-refractivity contribution in [1.29, 1.82) is 0 Å². The molecule has 0 N–H and O–H groups in total. The lowest BCUT2D eigenvalue weighted by molar-refractivity contribution is 0.651. The summed E-state index contributed by atoms with van der Waals surface area (Å²) in [6.45, 7) is 13.6. The second-order valence-electron chi connectivity index (χ2n) is 5.73. The van der Waals surface area contributed by atoms with Gasteiger partial charge in [-0.15, -0.1) is 6.58 Å². The Morgan fingerprint density at radius 2 is 1.56 bits per heavy atom. The van der Waals surface area contributed by atoms with E-state index in [0.29, 0.717) is 0 Å². The molecule has 0 aliphatic rings. The van der Waals surface area contributed by atoms with Crippen LogP contribution in [0.2, 0.25) is 24.2 Å². The Hall–Kier alpha value is -0.823. The van der Waals surface area contributed by atoms with Gasteiger partial charge in [0, 0.05) is 5.41 Å². The SMILES string of the molecule is C=CC(C)(C[Si](CC)(CC)CC)c1ccccc1. The van der Waals surface area contributed by atoms with Crippen LogP contribution in [0.15, 0.2) is 43.0 Å². The fourth-order valence-corrected chi connectivity index (χ4v) is 7.17. The maximum absolute atomic E-state index is 4.12. The molecule has 0 nitrogen and oxygen atoms in total. The molecular weight excluding hydrogens is 232 g/mol. The van der Waals surface area contributed by atoms with Gasteiger partial charge in [-0.1, -0.05) is 82.2 Å². The highest BCUT2D eigenvalue weighted by atomic mass is 28.3. The van der Waals surface area contributed by atoms with Crippen LogP contribution in [0.1, 0.15) is 33.3 Å². The van der Waals surface area contributed by atoms with Gasteiger partial charge in [-0.2, -0.15) is 0 Å². The van der Waals surface area contributed by atoms with Crippen LogP contribution in [0.25, 0.3) is 0 Å². The van der Waals surface area contributed by atoms with Crippen LogP contribution in [-0.4, -0.2) is 8.07 Å². The molecule has 0 radical (unpaired) electrons. The summed E-state index contributed by atoms with van der Waals surface area (Å²) in [5.41, 5.74) is 1.57. The zero-order valence-corrected chi connectivity index (χ0v) is 13.5. The molecule has 0 bridgehead atoms. The molecule has 0 aromatic heterocycles. The Kier molecular flexibility index (Phi) is 5.40. The van der Waals surface area contributed by atoms with E-state index in [1.807, 2.05) is 0 Å². The van der Waals surface area contributed by atoms with Gasteiger partial charge in [0.25, 0.3) is 0 Å². The molecule has 0 saturated carbocycles. The highest BCUT2D eigenvalue weighted by molar-refractivity contribution is 6.79. The third-order valence-corrected chi connectivity index (χ3v) is 10.9. The Morgan fingerprint density at radius 1 is 1.06 bits per heavy atom. The minimum atomic E-state index is -1.13. The Labute approximate surface area is 114 Å². The Balaban J connectivity index is 3.06. The summed E-state index contributed by atoms with van der Waals surface area (Å²) in [5.74, 6) is 0. The summed E-state index contributed by atoms with van der Waals surface area (Å²) in [6, 6.07) is 16.4. The van der Waals surface area contributed by atoms with Gasteiger partial charge in [0.05, 0.1) is 8.07 Å². The average Bonchev–Trinajstić information content (AvgIpc) is 2.46. The molecule has 1 atom stereocenters. The number of hydrogen-bond acceptors (Lipinski definition) is 0. The lowest BCUT2D eigenvalue weighted by Crippen LogP contribution is -2.39. The Bertz CT molecular complexity index is 356. The van der Waals surface area contributed by atoms with Gasteiger partial charge in [-0.3, -0.25) is 0 Å². The lowest BCUT2D eigenvalue weighted by Gasteiger charge is -2.38. The van der Waals surface area contributed by atoms with E-state index in [-0.39, 0.29) is 5.41 Å². The van der Waals surface area contributed by atoms with E-state index in [4.69, 9.17) is 0 Å². The molecule has 1 rings (SSSR count). The van der Waals surface area contributed by atoms with E-state index >= 15 is 0 Å². The molecule has 0 spiro atoms. The van der Waals surface area contributed by atoms with E-state index < -0.39 is 8.07 Å². The second kappa shape index (κ2) is 6.37. The molecule has 1 heteroatoms. The van der Waals surface area contributed by atoms with Gasteiger partial charge in [0.1, 0.15) is 0 Å². The minimum Gasteiger partial charge on any atom is -0.102 e. The molecule has 0 aliphatic carbocycles. The standard InChI is InChI=1S/C17H28Si/c1-6-17(5,16-13-11-10-12-14-16)15-18(7-2,8-3)9-4/h6,10-14H,1,7-9,15H2,2-5H3. The maximum atomic E-state index is 4.12. The first-order valence-electron chi connectivity index (χ1n) is 7.25. The first-order chi connectivity index (χ1) is 8.55. The van der Waals surface area contributed by atoms with Crippen molar-refractivity contribution in [2.75, 3.05) is 0 Å². The first kappa shape index (κ1) is 15.2. The van der Waals surface area contributed by atoms with Crippen LogP contribution in [-0.2, 0) is 5.41 Å². The monoisotopic (exact) mass is 260 g/mol. The van der Waals surface area contributed by atoms with Crippen molar-refractivity contribution >= 4 is 8.07 Å². The quantitative estimate of drug-likeness (QED) is 0.440. The predicted octanol–water partition coefficient (Wildman–Crippen LogP) is 5.64. The predicted molar refractivity (Wildman–Crippen MR) is 86.0 cm³/mol. The molecule has 100 valence electrons. The van der Waals surface area contributed by atoms with Crippen LogP contribution >= 0.6 is 0 Å². The largest absolute Gasteiger partial charge is 0.102 e. The maximum Gasteiger partial charge on any atom is 0.0539 e. The van der Waals surface area contributed by atoms with Crippen LogP contribution in [0, 0.1) is 0 Å². The highest BCUT2D eigenvalue weighted by Gasteiger charge is 2.35. The third-order valence-electron chi connectivity index (χ3n) is 4.88. The summed E-state index contributed by atoms with van der Waals surface area (Å²) < 4.78 is 0. The zero-order valence-electron chi connectivity index (χ0n) is 12.5. The van der Waals surface area contributed by atoms with Crippen LogP contribution < -0.4 is 0 Å². The smallest absolute Gasteiger partial charge is 0.0539 e. The van der Waals surface area contributed by atoms with Crippen molar-refractivity contribution < 1.29 is 0 Å². The van der Waals surface area contributed by atoms with E-state index in [1.54, 1.807) is 0 Å². The molecular formula is C17H28Si. The van der Waals surface area contributed by atoms with Crippen molar-refractivity contribution in [3.05, 3.63) is 48.6 Å². The lowest BCUT2D eigenvalue weighted by atomic mass is 9.85. The van der Waals surface area contributed by atoms with Crippen molar-refractivity contribution in [2.24, 2.45) is 0 Å². The normalized spacial score (nSPS) is 15.1. The summed E-state index contributed by atoms with van der Waals surface area (Å²) in [6.07, 6.45) is 2.17. The number of allylic oxidation sites excluding steroid dienone is 1. The van der Waals surface area contributed by atoms with Gasteiger partial charge >= 0.3 is 0 Å². The molecule has 0 heterocycles. The van der Waals surface area contributed by atoms with E-state index in [2.05, 4.69) is 70.7 Å². The van der Waals surface area contributed by atoms with Gasteiger partial charge in [0.15, 0.2) is 0 Å². The minimum absolute atomic E-state index is 0.148. The topological polar surface area (TPSA) is 0 Å². The van der Waals surface area contributed by atoms with Gasteiger partial charge < -0.3 is 0 Å². The van der Waals surface area contributed by atoms with Crippen molar-refractivity contribution in [1.82, 2.24) is 0 Å². The van der Waals surface area contributed by atoms with Gasteiger partial charge in [0.2, 0.25) is 0 Å². The van der Waals surface area contributed by atoms with Crippen molar-refractivity contribution in [3.63, 3.8) is 0 Å².